The number of cyclic esters (lactones) is 1. The van der Waals surface area contributed by atoms with Crippen molar-refractivity contribution in [3.8, 4) is 0 Å². The third-order valence-corrected chi connectivity index (χ3v) is 4.93. The third kappa shape index (κ3) is 14.2. The van der Waals surface area contributed by atoms with Gasteiger partial charge in [0, 0.05) is 32.8 Å². The van der Waals surface area contributed by atoms with Gasteiger partial charge < -0.3 is 29.1 Å². The van der Waals surface area contributed by atoms with Gasteiger partial charge in [0.15, 0.2) is 0 Å². The molecule has 0 bridgehead atoms. The van der Waals surface area contributed by atoms with Crippen LogP contribution >= 0.6 is 7.82 Å². The van der Waals surface area contributed by atoms with Gasteiger partial charge in [0.1, 0.15) is 30.5 Å². The van der Waals surface area contributed by atoms with Crippen LogP contribution in [-0.4, -0.2) is 63.3 Å². The summed E-state index contributed by atoms with van der Waals surface area (Å²) in [6, 6.07) is 0. The average molecular weight is 514 g/mol. The fourth-order valence-corrected chi connectivity index (χ4v) is 3.45. The van der Waals surface area contributed by atoms with E-state index in [4.69, 9.17) is 18.7 Å². The number of aliphatic hydroxyl groups is 1. The van der Waals surface area contributed by atoms with E-state index in [1.54, 1.807) is 30.4 Å². The van der Waals surface area contributed by atoms with Gasteiger partial charge in [-0.05, 0) is 25.2 Å². The van der Waals surface area contributed by atoms with Crippen molar-refractivity contribution in [1.82, 2.24) is 0 Å². The molecule has 0 aromatic rings. The van der Waals surface area contributed by atoms with E-state index in [2.05, 4.69) is 0 Å². The second kappa shape index (κ2) is 14.6. The van der Waals surface area contributed by atoms with Crippen molar-refractivity contribution >= 4 is 25.7 Å². The van der Waals surface area contributed by atoms with Crippen molar-refractivity contribution in [3.05, 3.63) is 60.8 Å². The molecule has 0 aromatic heterocycles. The summed E-state index contributed by atoms with van der Waals surface area (Å²) < 4.78 is 31.4. The molecule has 4 unspecified atom stereocenters. The SMILES string of the molecule is CC(=O)OC/C=C/C=C/C=C/C(CC(OP(=O)(O)O)C(C)(O)/C=C/C1CC=CC(=O)O1)OC(C)=O. The van der Waals surface area contributed by atoms with E-state index in [1.165, 1.54) is 44.2 Å². The largest absolute Gasteiger partial charge is 0.469 e. The highest BCUT2D eigenvalue weighted by atomic mass is 31.2. The lowest BCUT2D eigenvalue weighted by molar-refractivity contribution is -0.146. The monoisotopic (exact) mass is 514 g/mol. The Hall–Kier alpha value is -2.82. The van der Waals surface area contributed by atoms with Crippen LogP contribution in [0.15, 0.2) is 60.8 Å². The van der Waals surface area contributed by atoms with E-state index in [0.29, 0.717) is 6.42 Å². The summed E-state index contributed by atoms with van der Waals surface area (Å²) in [5.74, 6) is -1.61. The minimum absolute atomic E-state index is 0.111. The molecule has 0 aromatic carbocycles. The first-order valence-electron chi connectivity index (χ1n) is 10.6. The Balaban J connectivity index is 2.97. The molecule has 0 spiro atoms. The Labute approximate surface area is 203 Å². The van der Waals surface area contributed by atoms with Crippen LogP contribution in [0.1, 0.15) is 33.6 Å². The number of phosphoric ester groups is 1. The number of carbonyl (C=O) groups is 3. The van der Waals surface area contributed by atoms with Gasteiger partial charge in [-0.1, -0.05) is 36.5 Å². The van der Waals surface area contributed by atoms with E-state index in [0.717, 1.165) is 6.92 Å². The number of allylic oxidation sites excluding steroid dienone is 4. The van der Waals surface area contributed by atoms with E-state index in [-0.39, 0.29) is 13.0 Å². The molecule has 1 heterocycles. The quantitative estimate of drug-likeness (QED) is 0.108. The summed E-state index contributed by atoms with van der Waals surface area (Å²) in [7, 11) is -5.04. The number of rotatable bonds is 13. The van der Waals surface area contributed by atoms with Crippen molar-refractivity contribution in [3.63, 3.8) is 0 Å². The summed E-state index contributed by atoms with van der Waals surface area (Å²) in [6.07, 6.45) is 11.7. The molecule has 4 atom stereocenters. The maximum atomic E-state index is 11.6. The van der Waals surface area contributed by atoms with Crippen LogP contribution in [0.25, 0.3) is 0 Å². The van der Waals surface area contributed by atoms with Gasteiger partial charge in [0.25, 0.3) is 0 Å². The number of phosphoric acid groups is 1. The summed E-state index contributed by atoms with van der Waals surface area (Å²) in [4.78, 5) is 52.3. The second-order valence-corrected chi connectivity index (χ2v) is 8.86. The number of hydrogen-bond donors (Lipinski definition) is 3. The van der Waals surface area contributed by atoms with Gasteiger partial charge in [-0.3, -0.25) is 14.1 Å². The first-order valence-corrected chi connectivity index (χ1v) is 12.1. The predicted molar refractivity (Wildman–Crippen MR) is 125 cm³/mol. The van der Waals surface area contributed by atoms with Crippen LogP contribution in [0.3, 0.4) is 0 Å². The fourth-order valence-electron chi connectivity index (χ4n) is 2.82. The van der Waals surface area contributed by atoms with Crippen molar-refractivity contribution in [2.24, 2.45) is 0 Å². The number of esters is 3. The highest BCUT2D eigenvalue weighted by Crippen LogP contribution is 2.41. The highest BCUT2D eigenvalue weighted by molar-refractivity contribution is 7.46. The van der Waals surface area contributed by atoms with E-state index in [9.17, 15) is 33.8 Å². The minimum Gasteiger partial charge on any atom is -0.462 e. The fraction of sp³-hybridized carbons (Fsp3) is 0.435. The van der Waals surface area contributed by atoms with Crippen molar-refractivity contribution in [1.29, 1.82) is 0 Å². The van der Waals surface area contributed by atoms with E-state index in [1.807, 2.05) is 0 Å². The second-order valence-electron chi connectivity index (χ2n) is 7.67. The van der Waals surface area contributed by atoms with Crippen LogP contribution in [0.2, 0.25) is 0 Å². The molecule has 0 radical (unpaired) electrons. The number of carbonyl (C=O) groups excluding carboxylic acids is 3. The normalized spacial score (nSPS) is 20.3. The molecular weight excluding hydrogens is 483 g/mol. The lowest BCUT2D eigenvalue weighted by Crippen LogP contribution is -2.42. The Kier molecular flexibility index (Phi) is 12.6. The zero-order chi connectivity index (χ0) is 26.5. The molecule has 1 aliphatic rings. The molecule has 0 saturated heterocycles. The molecule has 0 amide bonds. The lowest BCUT2D eigenvalue weighted by Gasteiger charge is -2.32. The van der Waals surface area contributed by atoms with Gasteiger partial charge in [-0.15, -0.1) is 0 Å². The Bertz CT molecular complexity index is 924. The van der Waals surface area contributed by atoms with Gasteiger partial charge in [0.05, 0.1) is 0 Å². The maximum absolute atomic E-state index is 11.6. The smallest absolute Gasteiger partial charge is 0.462 e. The molecule has 1 rings (SSSR count). The Morgan fingerprint density at radius 3 is 2.51 bits per heavy atom. The summed E-state index contributed by atoms with van der Waals surface area (Å²) >= 11 is 0. The summed E-state index contributed by atoms with van der Waals surface area (Å²) in [5.41, 5.74) is -1.93. The Morgan fingerprint density at radius 2 is 1.91 bits per heavy atom. The molecular formula is C23H31O11P. The van der Waals surface area contributed by atoms with Crippen LogP contribution in [-0.2, 0) is 37.7 Å². The zero-order valence-corrected chi connectivity index (χ0v) is 20.6. The van der Waals surface area contributed by atoms with Crippen LogP contribution in [0, 0.1) is 0 Å². The Morgan fingerprint density at radius 1 is 1.23 bits per heavy atom. The summed E-state index contributed by atoms with van der Waals surface area (Å²) in [6.45, 7) is 3.82. The molecule has 12 heteroatoms. The molecule has 1 aliphatic heterocycles. The van der Waals surface area contributed by atoms with Crippen molar-refractivity contribution in [2.45, 2.75) is 57.5 Å². The minimum atomic E-state index is -5.04. The summed E-state index contributed by atoms with van der Waals surface area (Å²) in [5, 5.41) is 10.9. The molecule has 3 N–H and O–H groups in total. The zero-order valence-electron chi connectivity index (χ0n) is 19.7. The van der Waals surface area contributed by atoms with Crippen LogP contribution in [0.5, 0.6) is 0 Å². The molecule has 0 fully saturated rings. The average Bonchev–Trinajstić information content (AvgIpc) is 2.72. The lowest BCUT2D eigenvalue weighted by atomic mass is 9.93. The molecule has 11 nitrogen and oxygen atoms in total. The van der Waals surface area contributed by atoms with E-state index >= 15 is 0 Å². The first kappa shape index (κ1) is 30.2. The highest BCUT2D eigenvalue weighted by Gasteiger charge is 2.38. The van der Waals surface area contributed by atoms with Gasteiger partial charge in [-0.25, -0.2) is 9.36 Å². The molecule has 194 valence electrons. The van der Waals surface area contributed by atoms with Crippen LogP contribution < -0.4 is 0 Å². The first-order chi connectivity index (χ1) is 16.3. The molecule has 0 aliphatic carbocycles. The maximum Gasteiger partial charge on any atom is 0.469 e. The number of ether oxygens (including phenoxy) is 3. The molecule has 0 saturated carbocycles. The van der Waals surface area contributed by atoms with Crippen molar-refractivity contribution in [2.75, 3.05) is 6.61 Å². The topological polar surface area (TPSA) is 166 Å². The standard InChI is InChI=1S/C23H31O11P/c1-17(24)31-15-8-6-4-5-7-10-20(32-18(2)25)16-21(34-35(28,29)30)23(3,27)14-13-19-11-9-12-22(26)33-19/h4-10,12-14,19-21,27H,11,15-16H2,1-3H3,(H2,28,29,30)/b5-4+,8-6+,10-7+,14-13+. The van der Waals surface area contributed by atoms with Gasteiger partial charge in [-0.2, -0.15) is 0 Å². The number of hydrogen-bond acceptors (Lipinski definition) is 9. The van der Waals surface area contributed by atoms with E-state index < -0.39 is 49.6 Å². The molecule has 35 heavy (non-hydrogen) atoms. The van der Waals surface area contributed by atoms with Crippen molar-refractivity contribution < 1.29 is 52.6 Å². The van der Waals surface area contributed by atoms with Gasteiger partial charge >= 0.3 is 25.7 Å². The van der Waals surface area contributed by atoms with Crippen LogP contribution in [0.4, 0.5) is 0 Å². The predicted octanol–water partition coefficient (Wildman–Crippen LogP) is 2.20. The van der Waals surface area contributed by atoms with Gasteiger partial charge in [0.2, 0.25) is 0 Å². The third-order valence-electron chi connectivity index (χ3n) is 4.40.